The second-order valence-electron chi connectivity index (χ2n) is 5.06. The summed E-state index contributed by atoms with van der Waals surface area (Å²) in [6, 6.07) is 6.00. The van der Waals surface area contributed by atoms with Crippen molar-refractivity contribution >= 4 is 22.7 Å². The maximum atomic E-state index is 10.7. The zero-order valence-electron chi connectivity index (χ0n) is 12.2. The lowest BCUT2D eigenvalue weighted by Gasteiger charge is -1.98. The van der Waals surface area contributed by atoms with Crippen LogP contribution in [0.3, 0.4) is 0 Å². The zero-order valence-corrected chi connectivity index (χ0v) is 12.2. The number of nitrogens with zero attached hydrogens (tertiary/aromatic N) is 6. The monoisotopic (exact) mass is 310 g/mol. The van der Waals surface area contributed by atoms with E-state index in [4.69, 9.17) is 4.42 Å². The highest BCUT2D eigenvalue weighted by Gasteiger charge is 2.17. The van der Waals surface area contributed by atoms with Crippen LogP contribution < -0.4 is 0 Å². The molecule has 3 aromatic heterocycles. The number of rotatable bonds is 2. The lowest BCUT2D eigenvalue weighted by atomic mass is 10.2. The minimum Gasteiger partial charge on any atom is -0.417 e. The van der Waals surface area contributed by atoms with Crippen molar-refractivity contribution in [1.82, 2.24) is 24.6 Å². The van der Waals surface area contributed by atoms with Crippen molar-refractivity contribution in [3.05, 3.63) is 45.9 Å². The number of hydrogen-bond acceptors (Lipinski definition) is 7. The van der Waals surface area contributed by atoms with Gasteiger partial charge in [0.05, 0.1) is 10.6 Å². The lowest BCUT2D eigenvalue weighted by Crippen LogP contribution is -1.97. The molecule has 0 amide bonds. The smallest absolute Gasteiger partial charge is 0.269 e. The summed E-state index contributed by atoms with van der Waals surface area (Å²) in [6.07, 6.45) is 0. The first-order chi connectivity index (χ1) is 11.0. The fourth-order valence-electron chi connectivity index (χ4n) is 2.49. The lowest BCUT2D eigenvalue weighted by molar-refractivity contribution is -0.384. The standard InChI is InChI=1S/C14H10N6O3/c1-7-11-13(16-14-18-17-8(2)19(7)14)23-12(15-11)9-3-5-10(6-4-9)20(21)22/h3-6H,1-2H3. The Labute approximate surface area is 128 Å². The molecule has 0 bridgehead atoms. The summed E-state index contributed by atoms with van der Waals surface area (Å²) in [4.78, 5) is 19.0. The van der Waals surface area contributed by atoms with E-state index >= 15 is 0 Å². The number of fused-ring (bicyclic) bond motifs is 2. The summed E-state index contributed by atoms with van der Waals surface area (Å²) in [7, 11) is 0. The van der Waals surface area contributed by atoms with E-state index in [1.807, 2.05) is 13.8 Å². The van der Waals surface area contributed by atoms with E-state index in [9.17, 15) is 10.1 Å². The summed E-state index contributed by atoms with van der Waals surface area (Å²) in [6.45, 7) is 3.72. The topological polar surface area (TPSA) is 112 Å². The Morgan fingerprint density at radius 1 is 1.13 bits per heavy atom. The summed E-state index contributed by atoms with van der Waals surface area (Å²) in [5.74, 6) is 1.51. The van der Waals surface area contributed by atoms with E-state index in [2.05, 4.69) is 20.2 Å². The predicted octanol–water partition coefficient (Wildman–Crippen LogP) is 2.46. The van der Waals surface area contributed by atoms with Crippen molar-refractivity contribution in [3.8, 4) is 11.5 Å². The average Bonchev–Trinajstić information content (AvgIpc) is 3.12. The van der Waals surface area contributed by atoms with Gasteiger partial charge in [-0.05, 0) is 26.0 Å². The van der Waals surface area contributed by atoms with E-state index in [0.717, 1.165) is 5.69 Å². The largest absolute Gasteiger partial charge is 0.417 e. The molecular formula is C14H10N6O3. The molecule has 0 fully saturated rings. The third-order valence-electron chi connectivity index (χ3n) is 3.62. The molecule has 114 valence electrons. The van der Waals surface area contributed by atoms with Gasteiger partial charge < -0.3 is 4.42 Å². The van der Waals surface area contributed by atoms with Crippen LogP contribution in [0, 0.1) is 24.0 Å². The normalized spacial score (nSPS) is 11.4. The molecule has 1 aromatic carbocycles. The average molecular weight is 310 g/mol. The molecular weight excluding hydrogens is 300 g/mol. The van der Waals surface area contributed by atoms with Gasteiger partial charge in [0.25, 0.3) is 17.2 Å². The van der Waals surface area contributed by atoms with Crippen LogP contribution in [-0.4, -0.2) is 29.5 Å². The quantitative estimate of drug-likeness (QED) is 0.413. The minimum atomic E-state index is -0.452. The number of non-ortho nitro benzene ring substituents is 1. The van der Waals surface area contributed by atoms with Crippen LogP contribution in [0.2, 0.25) is 0 Å². The van der Waals surface area contributed by atoms with Crippen LogP contribution in [0.15, 0.2) is 28.7 Å². The SMILES string of the molecule is Cc1nnc2nc3oc(-c4ccc([N+](=O)[O-])cc4)nc3c(C)n12. The first-order valence-electron chi connectivity index (χ1n) is 6.78. The van der Waals surface area contributed by atoms with Gasteiger partial charge in [-0.3, -0.25) is 14.5 Å². The number of hydrogen-bond donors (Lipinski definition) is 0. The fraction of sp³-hybridized carbons (Fsp3) is 0.143. The number of aromatic nitrogens is 5. The number of nitro groups is 1. The van der Waals surface area contributed by atoms with Gasteiger partial charge in [-0.15, -0.1) is 10.2 Å². The van der Waals surface area contributed by atoms with Crippen molar-refractivity contribution in [2.45, 2.75) is 13.8 Å². The van der Waals surface area contributed by atoms with Crippen LogP contribution in [0.25, 0.3) is 28.5 Å². The van der Waals surface area contributed by atoms with Gasteiger partial charge in [0, 0.05) is 17.7 Å². The molecule has 0 aliphatic rings. The van der Waals surface area contributed by atoms with E-state index in [0.29, 0.717) is 34.3 Å². The molecule has 3 heterocycles. The molecule has 0 spiro atoms. The molecule has 23 heavy (non-hydrogen) atoms. The highest BCUT2D eigenvalue weighted by Crippen LogP contribution is 2.27. The van der Waals surface area contributed by atoms with E-state index in [1.54, 1.807) is 16.5 Å². The molecule has 4 rings (SSSR count). The van der Waals surface area contributed by atoms with Gasteiger partial charge >= 0.3 is 0 Å². The van der Waals surface area contributed by atoms with Crippen LogP contribution in [0.5, 0.6) is 0 Å². The molecule has 0 radical (unpaired) electrons. The first-order valence-corrected chi connectivity index (χ1v) is 6.78. The minimum absolute atomic E-state index is 0.0133. The van der Waals surface area contributed by atoms with Crippen molar-refractivity contribution in [2.75, 3.05) is 0 Å². The van der Waals surface area contributed by atoms with Gasteiger partial charge in [-0.2, -0.15) is 4.98 Å². The molecule has 0 saturated heterocycles. The Bertz CT molecular complexity index is 1060. The molecule has 9 heteroatoms. The van der Waals surface area contributed by atoms with Gasteiger partial charge in [0.2, 0.25) is 5.89 Å². The Morgan fingerprint density at radius 3 is 2.57 bits per heavy atom. The Hall–Kier alpha value is -3.36. The van der Waals surface area contributed by atoms with Crippen LogP contribution in [0.4, 0.5) is 5.69 Å². The van der Waals surface area contributed by atoms with Crippen molar-refractivity contribution < 1.29 is 9.34 Å². The van der Waals surface area contributed by atoms with E-state index in [1.165, 1.54) is 12.1 Å². The Kier molecular flexibility index (Phi) is 2.64. The predicted molar refractivity (Wildman–Crippen MR) is 79.9 cm³/mol. The van der Waals surface area contributed by atoms with Crippen LogP contribution >= 0.6 is 0 Å². The number of oxazole rings is 1. The summed E-state index contributed by atoms with van der Waals surface area (Å²) in [5.41, 5.74) is 2.44. The number of nitro benzene ring substituents is 1. The van der Waals surface area contributed by atoms with E-state index in [-0.39, 0.29) is 5.69 Å². The summed E-state index contributed by atoms with van der Waals surface area (Å²) >= 11 is 0. The molecule has 9 nitrogen and oxygen atoms in total. The highest BCUT2D eigenvalue weighted by molar-refractivity contribution is 5.76. The number of aryl methyl sites for hydroxylation is 2. The van der Waals surface area contributed by atoms with Gasteiger partial charge in [-0.1, -0.05) is 0 Å². The van der Waals surface area contributed by atoms with E-state index < -0.39 is 4.92 Å². The summed E-state index contributed by atoms with van der Waals surface area (Å²) in [5, 5.41) is 18.7. The Morgan fingerprint density at radius 2 is 1.87 bits per heavy atom. The van der Waals surface area contributed by atoms with Crippen molar-refractivity contribution in [1.29, 1.82) is 0 Å². The third-order valence-corrected chi connectivity index (χ3v) is 3.62. The molecule has 0 unspecified atom stereocenters. The highest BCUT2D eigenvalue weighted by atomic mass is 16.6. The zero-order chi connectivity index (χ0) is 16.1. The van der Waals surface area contributed by atoms with Crippen molar-refractivity contribution in [3.63, 3.8) is 0 Å². The maximum Gasteiger partial charge on any atom is 0.269 e. The van der Waals surface area contributed by atoms with Crippen LogP contribution in [-0.2, 0) is 0 Å². The van der Waals surface area contributed by atoms with Gasteiger partial charge in [-0.25, -0.2) is 4.98 Å². The molecule has 0 atom stereocenters. The maximum absolute atomic E-state index is 10.7. The second-order valence-corrected chi connectivity index (χ2v) is 5.06. The molecule has 0 aliphatic heterocycles. The summed E-state index contributed by atoms with van der Waals surface area (Å²) < 4.78 is 7.48. The molecule has 0 N–H and O–H groups in total. The third kappa shape index (κ3) is 1.94. The molecule has 0 saturated carbocycles. The second kappa shape index (κ2) is 4.57. The first kappa shape index (κ1) is 13.3. The van der Waals surface area contributed by atoms with Crippen molar-refractivity contribution in [2.24, 2.45) is 0 Å². The van der Waals surface area contributed by atoms with Crippen LogP contribution in [0.1, 0.15) is 11.5 Å². The van der Waals surface area contributed by atoms with Gasteiger partial charge in [0.15, 0.2) is 0 Å². The number of benzene rings is 1. The molecule has 0 aliphatic carbocycles. The molecule has 4 aromatic rings. The fourth-order valence-corrected chi connectivity index (χ4v) is 2.49. The Balaban J connectivity index is 1.90. The van der Waals surface area contributed by atoms with Gasteiger partial charge in [0.1, 0.15) is 11.3 Å².